The summed E-state index contributed by atoms with van der Waals surface area (Å²) in [6, 6.07) is 13.2. The minimum absolute atomic E-state index is 0.139. The highest BCUT2D eigenvalue weighted by molar-refractivity contribution is 6.15. The van der Waals surface area contributed by atoms with Gasteiger partial charge >= 0.3 is 0 Å². The van der Waals surface area contributed by atoms with E-state index in [9.17, 15) is 10.5 Å². The third-order valence-corrected chi connectivity index (χ3v) is 4.34. The maximum Gasteiger partial charge on any atom is 0.146 e. The summed E-state index contributed by atoms with van der Waals surface area (Å²) < 4.78 is 11.3. The third-order valence-electron chi connectivity index (χ3n) is 4.34. The summed E-state index contributed by atoms with van der Waals surface area (Å²) >= 11 is 0. The molecule has 124 valence electrons. The van der Waals surface area contributed by atoms with Crippen molar-refractivity contribution in [3.05, 3.63) is 53.9 Å². The number of furan rings is 1. The SMILES string of the molecule is COc1ccc2c(c1)oc1c(-c3cccnc3)c(C#N)c(N)c(C#N)c12. The van der Waals surface area contributed by atoms with Gasteiger partial charge in [0.25, 0.3) is 0 Å². The summed E-state index contributed by atoms with van der Waals surface area (Å²) in [5, 5.41) is 20.7. The maximum absolute atomic E-state index is 9.68. The average Bonchev–Trinajstić information content (AvgIpc) is 3.05. The zero-order valence-corrected chi connectivity index (χ0v) is 13.8. The van der Waals surface area contributed by atoms with Gasteiger partial charge in [-0.2, -0.15) is 10.5 Å². The first-order chi connectivity index (χ1) is 12.7. The first kappa shape index (κ1) is 15.5. The molecule has 4 rings (SSSR count). The number of fused-ring (bicyclic) bond motifs is 3. The average molecular weight is 340 g/mol. The van der Waals surface area contributed by atoms with Crippen molar-refractivity contribution in [3.63, 3.8) is 0 Å². The minimum Gasteiger partial charge on any atom is -0.497 e. The molecule has 0 saturated heterocycles. The van der Waals surface area contributed by atoms with Crippen LogP contribution in [0.15, 0.2) is 47.1 Å². The zero-order valence-electron chi connectivity index (χ0n) is 13.8. The van der Waals surface area contributed by atoms with Gasteiger partial charge in [-0.3, -0.25) is 4.98 Å². The molecule has 0 aliphatic rings. The lowest BCUT2D eigenvalue weighted by Crippen LogP contribution is -1.99. The molecule has 0 amide bonds. The van der Waals surface area contributed by atoms with E-state index >= 15 is 0 Å². The second-order valence-corrected chi connectivity index (χ2v) is 5.67. The fourth-order valence-corrected chi connectivity index (χ4v) is 3.15. The Morgan fingerprint density at radius 1 is 1.15 bits per heavy atom. The molecule has 0 bridgehead atoms. The number of ether oxygens (including phenoxy) is 1. The lowest BCUT2D eigenvalue weighted by atomic mass is 9.93. The maximum atomic E-state index is 9.68. The molecule has 0 atom stereocenters. The van der Waals surface area contributed by atoms with E-state index in [2.05, 4.69) is 17.1 Å². The van der Waals surface area contributed by atoms with E-state index in [1.54, 1.807) is 37.7 Å². The van der Waals surface area contributed by atoms with E-state index in [0.717, 1.165) is 5.39 Å². The molecule has 0 saturated carbocycles. The van der Waals surface area contributed by atoms with Crippen molar-refractivity contribution in [1.82, 2.24) is 4.98 Å². The molecule has 0 spiro atoms. The molecular weight excluding hydrogens is 328 g/mol. The van der Waals surface area contributed by atoms with Gasteiger partial charge < -0.3 is 14.9 Å². The third kappa shape index (κ3) is 2.07. The minimum atomic E-state index is 0.139. The molecule has 26 heavy (non-hydrogen) atoms. The number of nitrogen functional groups attached to an aromatic ring is 1. The van der Waals surface area contributed by atoms with Crippen LogP contribution in [0.25, 0.3) is 33.1 Å². The Morgan fingerprint density at radius 2 is 1.96 bits per heavy atom. The number of benzene rings is 2. The number of rotatable bonds is 2. The fourth-order valence-electron chi connectivity index (χ4n) is 3.15. The van der Waals surface area contributed by atoms with Crippen LogP contribution >= 0.6 is 0 Å². The van der Waals surface area contributed by atoms with Gasteiger partial charge in [0.1, 0.15) is 29.1 Å². The Bertz CT molecular complexity index is 1240. The van der Waals surface area contributed by atoms with E-state index in [-0.39, 0.29) is 16.8 Å². The Balaban J connectivity index is 2.27. The summed E-state index contributed by atoms with van der Waals surface area (Å²) in [5.41, 5.74) is 8.96. The predicted octanol–water partition coefficient (Wildman–Crippen LogP) is 3.98. The van der Waals surface area contributed by atoms with Crippen molar-refractivity contribution >= 4 is 27.6 Å². The second kappa shape index (κ2) is 5.80. The van der Waals surface area contributed by atoms with Gasteiger partial charge in [0, 0.05) is 40.4 Å². The highest BCUT2D eigenvalue weighted by atomic mass is 16.5. The number of pyridine rings is 1. The van der Waals surface area contributed by atoms with Gasteiger partial charge in [0.2, 0.25) is 0 Å². The largest absolute Gasteiger partial charge is 0.497 e. The van der Waals surface area contributed by atoms with Gasteiger partial charge in [-0.1, -0.05) is 6.07 Å². The fraction of sp³-hybridized carbons (Fsp3) is 0.0500. The summed E-state index contributed by atoms with van der Waals surface area (Å²) in [4.78, 5) is 4.12. The molecule has 0 unspecified atom stereocenters. The van der Waals surface area contributed by atoms with Crippen molar-refractivity contribution in [2.24, 2.45) is 0 Å². The van der Waals surface area contributed by atoms with Crippen molar-refractivity contribution < 1.29 is 9.15 Å². The number of aromatic nitrogens is 1. The molecule has 6 heteroatoms. The Hall–Kier alpha value is -4.03. The predicted molar refractivity (Wildman–Crippen MR) is 97.3 cm³/mol. The highest BCUT2D eigenvalue weighted by Gasteiger charge is 2.24. The van der Waals surface area contributed by atoms with E-state index < -0.39 is 0 Å². The van der Waals surface area contributed by atoms with Gasteiger partial charge in [0.15, 0.2) is 0 Å². The Labute approximate surface area is 148 Å². The number of nitriles is 2. The van der Waals surface area contributed by atoms with E-state index in [4.69, 9.17) is 14.9 Å². The topological polar surface area (TPSA) is 109 Å². The molecule has 0 fully saturated rings. The van der Waals surface area contributed by atoms with Crippen LogP contribution in [0.5, 0.6) is 5.75 Å². The number of methoxy groups -OCH3 is 1. The summed E-state index contributed by atoms with van der Waals surface area (Å²) in [6.07, 6.45) is 3.28. The summed E-state index contributed by atoms with van der Waals surface area (Å²) in [6.45, 7) is 0. The lowest BCUT2D eigenvalue weighted by molar-refractivity contribution is 0.414. The summed E-state index contributed by atoms with van der Waals surface area (Å²) in [7, 11) is 1.57. The van der Waals surface area contributed by atoms with Gasteiger partial charge in [-0.25, -0.2) is 0 Å². The van der Waals surface area contributed by atoms with Crippen LogP contribution in [0.4, 0.5) is 5.69 Å². The van der Waals surface area contributed by atoms with Gasteiger partial charge in [-0.05, 0) is 18.2 Å². The van der Waals surface area contributed by atoms with Crippen molar-refractivity contribution in [1.29, 1.82) is 10.5 Å². The molecule has 0 aliphatic heterocycles. The van der Waals surface area contributed by atoms with Crippen LogP contribution in [0.3, 0.4) is 0 Å². The molecule has 0 aliphatic carbocycles. The smallest absolute Gasteiger partial charge is 0.146 e. The van der Waals surface area contributed by atoms with Gasteiger partial charge in [0.05, 0.1) is 23.9 Å². The molecule has 0 radical (unpaired) electrons. The lowest BCUT2D eigenvalue weighted by Gasteiger charge is -2.10. The monoisotopic (exact) mass is 340 g/mol. The van der Waals surface area contributed by atoms with Crippen LogP contribution in [0.1, 0.15) is 11.1 Å². The number of nitrogens with two attached hydrogens (primary N) is 1. The molecule has 4 aromatic rings. The normalized spacial score (nSPS) is 10.6. The molecular formula is C20H12N4O2. The number of nitrogens with zero attached hydrogens (tertiary/aromatic N) is 3. The Kier molecular flexibility index (Phi) is 3.46. The van der Waals surface area contributed by atoms with Crippen LogP contribution < -0.4 is 10.5 Å². The van der Waals surface area contributed by atoms with Crippen LogP contribution in [0.2, 0.25) is 0 Å². The number of hydrogen-bond donors (Lipinski definition) is 1. The molecule has 2 heterocycles. The van der Waals surface area contributed by atoms with Crippen molar-refractivity contribution in [2.45, 2.75) is 0 Å². The van der Waals surface area contributed by atoms with Crippen molar-refractivity contribution in [2.75, 3.05) is 12.8 Å². The van der Waals surface area contributed by atoms with Crippen LogP contribution in [-0.4, -0.2) is 12.1 Å². The van der Waals surface area contributed by atoms with E-state index in [1.165, 1.54) is 0 Å². The first-order valence-electron chi connectivity index (χ1n) is 7.75. The molecule has 2 aromatic carbocycles. The van der Waals surface area contributed by atoms with Crippen molar-refractivity contribution in [3.8, 4) is 29.0 Å². The van der Waals surface area contributed by atoms with E-state index in [1.807, 2.05) is 12.1 Å². The quantitative estimate of drug-likeness (QED) is 0.553. The van der Waals surface area contributed by atoms with E-state index in [0.29, 0.717) is 33.4 Å². The first-order valence-corrected chi connectivity index (χ1v) is 7.75. The Morgan fingerprint density at radius 3 is 2.62 bits per heavy atom. The second-order valence-electron chi connectivity index (χ2n) is 5.67. The standard InChI is InChI=1S/C20H12N4O2/c1-25-12-4-5-13-16(7-12)26-20-17(11-3-2-6-24-10-11)14(8-21)19(23)15(9-22)18(13)20/h2-7,10H,23H2,1H3. The van der Waals surface area contributed by atoms with Crippen LogP contribution in [0, 0.1) is 22.7 Å². The zero-order chi connectivity index (χ0) is 18.3. The van der Waals surface area contributed by atoms with Crippen LogP contribution in [-0.2, 0) is 0 Å². The summed E-state index contributed by atoms with van der Waals surface area (Å²) in [5.74, 6) is 0.631. The molecule has 2 N–H and O–H groups in total. The molecule has 2 aromatic heterocycles. The number of anilines is 1. The van der Waals surface area contributed by atoms with Gasteiger partial charge in [-0.15, -0.1) is 0 Å². The molecule has 6 nitrogen and oxygen atoms in total. The number of hydrogen-bond acceptors (Lipinski definition) is 6. The highest BCUT2D eigenvalue weighted by Crippen LogP contribution is 2.43.